The Morgan fingerprint density at radius 3 is 1.49 bits per heavy atom. The van der Waals surface area contributed by atoms with Gasteiger partial charge in [-0.2, -0.15) is 0 Å². The molecule has 0 aliphatic heterocycles. The van der Waals surface area contributed by atoms with Crippen molar-refractivity contribution in [3.05, 3.63) is 259 Å². The highest BCUT2D eigenvalue weighted by Gasteiger charge is 2.23. The van der Waals surface area contributed by atoms with Gasteiger partial charge < -0.3 is 9.80 Å². The Kier molecular flexibility index (Phi) is 9.76. The number of hydrogen-bond acceptors (Lipinski definition) is 2. The van der Waals surface area contributed by atoms with E-state index in [2.05, 4.69) is 252 Å². The molecule has 65 heavy (non-hydrogen) atoms. The molecule has 0 N–H and O–H groups in total. The van der Waals surface area contributed by atoms with Gasteiger partial charge in [0.15, 0.2) is 0 Å². The van der Waals surface area contributed by atoms with Crippen LogP contribution in [-0.2, 0) is 6.42 Å². The van der Waals surface area contributed by atoms with Crippen molar-refractivity contribution in [1.29, 1.82) is 0 Å². The van der Waals surface area contributed by atoms with E-state index >= 15 is 0 Å². The molecule has 0 fully saturated rings. The number of hydrogen-bond donors (Lipinski definition) is 0. The molecule has 0 aromatic heterocycles. The molecule has 2 aliphatic rings. The molecular weight excluding hydrogens is 785 g/mol. The third kappa shape index (κ3) is 7.20. The number of benzene rings is 10. The fraction of sp³-hybridized carbons (Fsp3) is 0.0476. The zero-order valence-corrected chi connectivity index (χ0v) is 36.1. The van der Waals surface area contributed by atoms with Gasteiger partial charge in [0.25, 0.3) is 0 Å². The van der Waals surface area contributed by atoms with Crippen molar-refractivity contribution in [3.8, 4) is 33.4 Å². The Labute approximate surface area is 381 Å². The first-order valence-corrected chi connectivity index (χ1v) is 22.8. The highest BCUT2D eigenvalue weighted by atomic mass is 15.1. The summed E-state index contributed by atoms with van der Waals surface area (Å²) in [7, 11) is 0. The summed E-state index contributed by atoms with van der Waals surface area (Å²) in [5, 5.41) is 4.97. The Morgan fingerprint density at radius 1 is 0.338 bits per heavy atom. The van der Waals surface area contributed by atoms with Gasteiger partial charge >= 0.3 is 0 Å². The maximum absolute atomic E-state index is 2.45. The second kappa shape index (κ2) is 16.5. The maximum atomic E-state index is 2.45. The van der Waals surface area contributed by atoms with E-state index < -0.39 is 0 Å². The van der Waals surface area contributed by atoms with E-state index in [0.29, 0.717) is 0 Å². The fourth-order valence-corrected chi connectivity index (χ4v) is 10.1. The van der Waals surface area contributed by atoms with E-state index in [9.17, 15) is 0 Å². The quantitative estimate of drug-likeness (QED) is 0.134. The number of rotatable bonds is 9. The van der Waals surface area contributed by atoms with Gasteiger partial charge in [-0.25, -0.2) is 0 Å². The van der Waals surface area contributed by atoms with Gasteiger partial charge in [-0.1, -0.05) is 176 Å². The fourth-order valence-electron chi connectivity index (χ4n) is 10.1. The van der Waals surface area contributed by atoms with Gasteiger partial charge in [0.05, 0.1) is 5.69 Å². The average Bonchev–Trinajstić information content (AvgIpc) is 3.76. The van der Waals surface area contributed by atoms with E-state index in [1.54, 1.807) is 0 Å². The molecule has 12 rings (SSSR count). The SMILES string of the molecule is C1=CCCC(c2ccc(N(c3ccc(-c4ccccc4)cc3)c3ccc(-c4ccc(N(c5ccc6c(c5)-c5ccccc5C6)c5cc6ccccc6c6ccccc56)cc4)cc3)cc2)=C1. The standard InChI is InChI=1S/C63H46N2/c1-3-13-44(14-4-1)46-23-32-53(33-24-46)64(54-34-25-47(26-35-54)45-15-5-2-6-16-45)55-36-27-48(28-37-55)49-29-38-56(39-30-49)65(57-40-31-52-41-50-17-7-10-20-59(50)62(52)43-57)63-42-51-18-8-9-19-58(51)60-21-11-12-22-61(60)63/h1-5,7-15,17-40,42-43H,6,16,41H2. The first-order valence-electron chi connectivity index (χ1n) is 22.8. The summed E-state index contributed by atoms with van der Waals surface area (Å²) in [5.41, 5.74) is 19.6. The van der Waals surface area contributed by atoms with Crippen LogP contribution in [0, 0.1) is 0 Å². The zero-order chi connectivity index (χ0) is 43.1. The third-order valence-corrected chi connectivity index (χ3v) is 13.4. The molecule has 0 unspecified atom stereocenters. The van der Waals surface area contributed by atoms with Crippen LogP contribution in [0.1, 0.15) is 29.5 Å². The topological polar surface area (TPSA) is 6.48 Å². The summed E-state index contributed by atoms with van der Waals surface area (Å²) >= 11 is 0. The number of nitrogens with zero attached hydrogens (tertiary/aromatic N) is 2. The van der Waals surface area contributed by atoms with Gasteiger partial charge in [-0.15, -0.1) is 0 Å². The number of anilines is 6. The van der Waals surface area contributed by atoms with Gasteiger partial charge in [-0.3, -0.25) is 0 Å². The molecule has 0 bridgehead atoms. The van der Waals surface area contributed by atoms with Gasteiger partial charge in [0, 0.05) is 33.8 Å². The van der Waals surface area contributed by atoms with Crippen LogP contribution in [0.15, 0.2) is 243 Å². The second-order valence-corrected chi connectivity index (χ2v) is 17.2. The smallest absolute Gasteiger partial charge is 0.0546 e. The highest BCUT2D eigenvalue weighted by molar-refractivity contribution is 6.14. The summed E-state index contributed by atoms with van der Waals surface area (Å²) < 4.78 is 0. The minimum atomic E-state index is 0.971. The highest BCUT2D eigenvalue weighted by Crippen LogP contribution is 2.46. The van der Waals surface area contributed by atoms with Gasteiger partial charge in [0.1, 0.15) is 0 Å². The molecule has 2 aliphatic carbocycles. The Morgan fingerprint density at radius 2 is 0.846 bits per heavy atom. The predicted molar refractivity (Wildman–Crippen MR) is 276 cm³/mol. The van der Waals surface area contributed by atoms with Crippen LogP contribution < -0.4 is 9.80 Å². The molecule has 2 heteroatoms. The molecule has 0 saturated carbocycles. The Bertz CT molecular complexity index is 3420. The molecule has 0 heterocycles. The van der Waals surface area contributed by atoms with Crippen molar-refractivity contribution in [3.63, 3.8) is 0 Å². The Hall–Kier alpha value is -8.20. The summed E-state index contributed by atoms with van der Waals surface area (Å²) in [6.07, 6.45) is 9.81. The monoisotopic (exact) mass is 830 g/mol. The van der Waals surface area contributed by atoms with Gasteiger partial charge in [-0.05, 0) is 158 Å². The Balaban J connectivity index is 0.914. The zero-order valence-electron chi connectivity index (χ0n) is 36.1. The summed E-state index contributed by atoms with van der Waals surface area (Å²) in [6.45, 7) is 0. The predicted octanol–water partition coefficient (Wildman–Crippen LogP) is 17.6. The molecule has 10 aromatic carbocycles. The number of allylic oxidation sites excluding steroid dienone is 4. The third-order valence-electron chi connectivity index (χ3n) is 13.4. The van der Waals surface area contributed by atoms with Crippen LogP contribution in [0.25, 0.3) is 60.5 Å². The minimum Gasteiger partial charge on any atom is -0.311 e. The molecule has 2 nitrogen and oxygen atoms in total. The summed E-state index contributed by atoms with van der Waals surface area (Å²) in [6, 6.07) is 82.6. The van der Waals surface area contributed by atoms with E-state index in [1.165, 1.54) is 82.9 Å². The maximum Gasteiger partial charge on any atom is 0.0546 e. The molecule has 0 saturated heterocycles. The van der Waals surface area contributed by atoms with E-state index in [0.717, 1.165) is 47.7 Å². The molecule has 0 radical (unpaired) electrons. The molecule has 10 aromatic rings. The first-order chi connectivity index (χ1) is 32.2. The van der Waals surface area contributed by atoms with Crippen LogP contribution in [0.3, 0.4) is 0 Å². The summed E-state index contributed by atoms with van der Waals surface area (Å²) in [5.74, 6) is 0. The molecule has 308 valence electrons. The van der Waals surface area contributed by atoms with Crippen molar-refractivity contribution in [2.24, 2.45) is 0 Å². The molecule has 0 spiro atoms. The lowest BCUT2D eigenvalue weighted by Gasteiger charge is -2.28. The van der Waals surface area contributed by atoms with Crippen molar-refractivity contribution < 1.29 is 0 Å². The van der Waals surface area contributed by atoms with Crippen LogP contribution in [0.5, 0.6) is 0 Å². The van der Waals surface area contributed by atoms with Crippen LogP contribution in [-0.4, -0.2) is 0 Å². The molecular formula is C63H46N2. The lowest BCUT2D eigenvalue weighted by Crippen LogP contribution is -2.11. The molecule has 0 amide bonds. The van der Waals surface area contributed by atoms with E-state index in [1.807, 2.05) is 0 Å². The average molecular weight is 831 g/mol. The van der Waals surface area contributed by atoms with Crippen LogP contribution in [0.2, 0.25) is 0 Å². The van der Waals surface area contributed by atoms with Crippen molar-refractivity contribution in [2.75, 3.05) is 9.80 Å². The van der Waals surface area contributed by atoms with Crippen LogP contribution >= 0.6 is 0 Å². The largest absolute Gasteiger partial charge is 0.311 e. The van der Waals surface area contributed by atoms with Crippen molar-refractivity contribution >= 4 is 61.2 Å². The van der Waals surface area contributed by atoms with Crippen molar-refractivity contribution in [1.82, 2.24) is 0 Å². The normalized spacial score (nSPS) is 12.8. The first kappa shape index (κ1) is 38.5. The van der Waals surface area contributed by atoms with Crippen molar-refractivity contribution in [2.45, 2.75) is 19.3 Å². The van der Waals surface area contributed by atoms with Gasteiger partial charge in [0.2, 0.25) is 0 Å². The van der Waals surface area contributed by atoms with E-state index in [4.69, 9.17) is 0 Å². The molecule has 0 atom stereocenters. The summed E-state index contributed by atoms with van der Waals surface area (Å²) in [4.78, 5) is 4.82. The second-order valence-electron chi connectivity index (χ2n) is 17.2. The lowest BCUT2D eigenvalue weighted by molar-refractivity contribution is 1.05. The minimum absolute atomic E-state index is 0.971. The number of fused-ring (bicyclic) bond motifs is 6. The van der Waals surface area contributed by atoms with E-state index in [-0.39, 0.29) is 0 Å². The van der Waals surface area contributed by atoms with Crippen LogP contribution in [0.4, 0.5) is 34.1 Å². The lowest BCUT2D eigenvalue weighted by atomic mass is 9.97.